The van der Waals surface area contributed by atoms with E-state index in [1.807, 2.05) is 32.0 Å². The van der Waals surface area contributed by atoms with Crippen LogP contribution in [0.1, 0.15) is 50.3 Å². The third kappa shape index (κ3) is 3.59. The lowest BCUT2D eigenvalue weighted by Crippen LogP contribution is -2.46. The molecule has 8 heteroatoms. The first-order chi connectivity index (χ1) is 15.3. The maximum absolute atomic E-state index is 12.9. The molecule has 5 rings (SSSR count). The molecular weight excluding hydrogens is 410 g/mol. The van der Waals surface area contributed by atoms with Crippen molar-refractivity contribution in [3.05, 3.63) is 29.3 Å². The molecule has 3 heterocycles. The first-order valence-electron chi connectivity index (χ1n) is 11.6. The van der Waals surface area contributed by atoms with E-state index in [1.54, 1.807) is 0 Å². The second-order valence-corrected chi connectivity index (χ2v) is 9.92. The van der Waals surface area contributed by atoms with E-state index >= 15 is 0 Å². The highest BCUT2D eigenvalue weighted by Crippen LogP contribution is 2.44. The number of fused-ring (bicyclic) bond motifs is 5. The molecule has 32 heavy (non-hydrogen) atoms. The second-order valence-electron chi connectivity index (χ2n) is 9.92. The van der Waals surface area contributed by atoms with E-state index in [4.69, 9.17) is 4.74 Å². The number of carbonyl (C=O) groups is 3. The number of benzene rings is 1. The number of imide groups is 1. The average Bonchev–Trinajstić information content (AvgIpc) is 3.03. The summed E-state index contributed by atoms with van der Waals surface area (Å²) in [6, 6.07) is 5.87. The molecule has 0 unspecified atom stereocenters. The standard InChI is InChI=1S/C24H31N3O5/c1-12-3-4-13(2)22-21(12)23(30)27(24(22)31)10-20(29)25-9-14-5-6-16-15(7-14)19-8-17(26-16)18(28)11-32-19/h5-7,12-13,17-19,21-22,26,28H,3-4,8-11H2,1-2H3,(H,25,29)/t12-,13+,17-,18+,19-,21-,22+/m0/s1. The largest absolute Gasteiger partial charge is 0.389 e. The Labute approximate surface area is 187 Å². The predicted octanol–water partition coefficient (Wildman–Crippen LogP) is 1.59. The van der Waals surface area contributed by atoms with E-state index in [0.29, 0.717) is 19.6 Å². The maximum atomic E-state index is 12.9. The first-order valence-corrected chi connectivity index (χ1v) is 11.6. The molecule has 7 atom stereocenters. The Balaban J connectivity index is 1.22. The number of nitrogens with one attached hydrogen (secondary N) is 2. The van der Waals surface area contributed by atoms with Crippen LogP contribution < -0.4 is 10.6 Å². The number of rotatable bonds is 4. The molecule has 3 aliphatic heterocycles. The fourth-order valence-electron chi connectivity index (χ4n) is 5.89. The van der Waals surface area contributed by atoms with Gasteiger partial charge in [0, 0.05) is 24.2 Å². The number of amides is 3. The Kier molecular flexibility index (Phi) is 5.45. The van der Waals surface area contributed by atoms with Crippen molar-refractivity contribution in [1.82, 2.24) is 10.2 Å². The molecule has 4 aliphatic rings. The van der Waals surface area contributed by atoms with E-state index in [2.05, 4.69) is 10.6 Å². The minimum absolute atomic E-state index is 0.00327. The lowest BCUT2D eigenvalue weighted by atomic mass is 9.69. The Morgan fingerprint density at radius 3 is 2.56 bits per heavy atom. The summed E-state index contributed by atoms with van der Waals surface area (Å²) in [5.41, 5.74) is 2.89. The summed E-state index contributed by atoms with van der Waals surface area (Å²) in [7, 11) is 0. The molecule has 3 amide bonds. The lowest BCUT2D eigenvalue weighted by molar-refractivity contribution is -0.144. The lowest BCUT2D eigenvalue weighted by Gasteiger charge is -2.40. The summed E-state index contributed by atoms with van der Waals surface area (Å²) in [5.74, 6) is -0.950. The highest BCUT2D eigenvalue weighted by Gasteiger charge is 2.53. The van der Waals surface area contributed by atoms with Gasteiger partial charge < -0.3 is 20.5 Å². The second kappa shape index (κ2) is 8.15. The number of carbonyl (C=O) groups excluding carboxylic acids is 3. The van der Waals surface area contributed by atoms with Crippen molar-refractivity contribution in [1.29, 1.82) is 0 Å². The van der Waals surface area contributed by atoms with Crippen LogP contribution in [0.25, 0.3) is 0 Å². The van der Waals surface area contributed by atoms with Crippen LogP contribution in [0.3, 0.4) is 0 Å². The van der Waals surface area contributed by atoms with Gasteiger partial charge >= 0.3 is 0 Å². The summed E-state index contributed by atoms with van der Waals surface area (Å²) >= 11 is 0. The third-order valence-corrected chi connectivity index (χ3v) is 7.79. The van der Waals surface area contributed by atoms with Gasteiger partial charge in [-0.1, -0.05) is 19.9 Å². The molecule has 1 aromatic rings. The minimum Gasteiger partial charge on any atom is -0.389 e. The number of anilines is 1. The van der Waals surface area contributed by atoms with Crippen molar-refractivity contribution in [2.45, 2.75) is 57.9 Å². The quantitative estimate of drug-likeness (QED) is 0.613. The number of hydrogen-bond acceptors (Lipinski definition) is 6. The molecule has 2 saturated heterocycles. The van der Waals surface area contributed by atoms with Gasteiger partial charge in [-0.05, 0) is 42.4 Å². The fourth-order valence-corrected chi connectivity index (χ4v) is 5.89. The Hall–Kier alpha value is -2.45. The van der Waals surface area contributed by atoms with Crippen molar-refractivity contribution in [3.63, 3.8) is 0 Å². The zero-order valence-electron chi connectivity index (χ0n) is 18.5. The number of aliphatic hydroxyl groups is 1. The monoisotopic (exact) mass is 441 g/mol. The molecule has 3 fully saturated rings. The van der Waals surface area contributed by atoms with E-state index < -0.39 is 6.10 Å². The zero-order valence-corrected chi connectivity index (χ0v) is 18.5. The third-order valence-electron chi connectivity index (χ3n) is 7.79. The minimum atomic E-state index is -0.510. The number of likely N-dealkylation sites (tertiary alicyclic amines) is 1. The molecule has 2 bridgehead atoms. The van der Waals surface area contributed by atoms with Crippen LogP contribution in [0.15, 0.2) is 18.2 Å². The summed E-state index contributed by atoms with van der Waals surface area (Å²) < 4.78 is 5.79. The normalized spacial score (nSPS) is 35.7. The van der Waals surface area contributed by atoms with Crippen LogP contribution in [0, 0.1) is 23.7 Å². The topological polar surface area (TPSA) is 108 Å². The summed E-state index contributed by atoms with van der Waals surface area (Å²) in [4.78, 5) is 39.5. The van der Waals surface area contributed by atoms with E-state index in [9.17, 15) is 19.5 Å². The van der Waals surface area contributed by atoms with Gasteiger partial charge in [0.05, 0.1) is 36.7 Å². The Morgan fingerprint density at radius 2 is 1.88 bits per heavy atom. The van der Waals surface area contributed by atoms with Gasteiger partial charge in [0.2, 0.25) is 17.7 Å². The SMILES string of the molecule is C[C@@H]1CC[C@H](C)[C@@H]2C(=O)N(CC(=O)NCc3ccc4c(c3)[C@@H]3C[C@H](N4)[C@H](O)CO3)C(=O)[C@@H]21. The van der Waals surface area contributed by atoms with E-state index in [0.717, 1.165) is 29.7 Å². The summed E-state index contributed by atoms with van der Waals surface area (Å²) in [6.07, 6.45) is 2.02. The van der Waals surface area contributed by atoms with Gasteiger partial charge in [-0.2, -0.15) is 0 Å². The van der Waals surface area contributed by atoms with E-state index in [-0.39, 0.29) is 60.1 Å². The van der Waals surface area contributed by atoms with Gasteiger partial charge in [0.1, 0.15) is 6.54 Å². The number of hydrogen-bond donors (Lipinski definition) is 3. The van der Waals surface area contributed by atoms with Gasteiger partial charge in [-0.3, -0.25) is 19.3 Å². The number of nitrogens with zero attached hydrogens (tertiary/aromatic N) is 1. The van der Waals surface area contributed by atoms with Crippen molar-refractivity contribution in [2.75, 3.05) is 18.5 Å². The Morgan fingerprint density at radius 1 is 1.19 bits per heavy atom. The van der Waals surface area contributed by atoms with Gasteiger partial charge in [-0.15, -0.1) is 0 Å². The van der Waals surface area contributed by atoms with Crippen molar-refractivity contribution < 1.29 is 24.2 Å². The molecule has 1 saturated carbocycles. The molecule has 0 aromatic heterocycles. The van der Waals surface area contributed by atoms with Crippen LogP contribution in [0.4, 0.5) is 5.69 Å². The van der Waals surface area contributed by atoms with Crippen molar-refractivity contribution in [2.24, 2.45) is 23.7 Å². The molecule has 1 aromatic carbocycles. The van der Waals surface area contributed by atoms with Crippen LogP contribution in [-0.2, 0) is 25.7 Å². The first kappa shape index (κ1) is 21.4. The fraction of sp³-hybridized carbons (Fsp3) is 0.625. The number of ether oxygens (including phenoxy) is 1. The Bertz CT molecular complexity index is 922. The molecular formula is C24H31N3O5. The predicted molar refractivity (Wildman–Crippen MR) is 116 cm³/mol. The molecule has 0 spiro atoms. The van der Waals surface area contributed by atoms with Crippen LogP contribution in [0.5, 0.6) is 0 Å². The van der Waals surface area contributed by atoms with Crippen LogP contribution >= 0.6 is 0 Å². The zero-order chi connectivity index (χ0) is 22.6. The highest BCUT2D eigenvalue weighted by molar-refractivity contribution is 6.07. The highest BCUT2D eigenvalue weighted by atomic mass is 16.5. The molecule has 1 aliphatic carbocycles. The van der Waals surface area contributed by atoms with Crippen molar-refractivity contribution in [3.8, 4) is 0 Å². The smallest absolute Gasteiger partial charge is 0.240 e. The molecule has 3 N–H and O–H groups in total. The number of aliphatic hydroxyl groups excluding tert-OH is 1. The van der Waals surface area contributed by atoms with Gasteiger partial charge in [-0.25, -0.2) is 0 Å². The average molecular weight is 442 g/mol. The van der Waals surface area contributed by atoms with Gasteiger partial charge in [0.15, 0.2) is 0 Å². The summed E-state index contributed by atoms with van der Waals surface area (Å²) in [5, 5.41) is 16.2. The van der Waals surface area contributed by atoms with Crippen LogP contribution in [-0.4, -0.2) is 53.0 Å². The molecule has 8 nitrogen and oxygen atoms in total. The van der Waals surface area contributed by atoms with E-state index in [1.165, 1.54) is 4.90 Å². The molecule has 172 valence electrons. The maximum Gasteiger partial charge on any atom is 0.240 e. The van der Waals surface area contributed by atoms with Crippen molar-refractivity contribution >= 4 is 23.4 Å². The molecule has 0 radical (unpaired) electrons. The van der Waals surface area contributed by atoms with Gasteiger partial charge in [0.25, 0.3) is 0 Å². The van der Waals surface area contributed by atoms with Crippen LogP contribution in [0.2, 0.25) is 0 Å². The summed E-state index contributed by atoms with van der Waals surface area (Å²) in [6.45, 7) is 4.45.